The summed E-state index contributed by atoms with van der Waals surface area (Å²) in [6.07, 6.45) is 0. The third kappa shape index (κ3) is 8.63. The lowest BCUT2D eigenvalue weighted by Gasteiger charge is -2.04. The van der Waals surface area contributed by atoms with E-state index in [2.05, 4.69) is 0 Å². The van der Waals surface area contributed by atoms with E-state index in [1.807, 2.05) is 0 Å². The van der Waals surface area contributed by atoms with Gasteiger partial charge in [-0.25, -0.2) is 13.3 Å². The molecule has 0 amide bonds. The van der Waals surface area contributed by atoms with Crippen LogP contribution in [0.5, 0.6) is 97.7 Å². The molecule has 0 radical (unpaired) electrons. The Hall–Kier alpha value is -9.85. The van der Waals surface area contributed by atoms with Gasteiger partial charge in [-0.3, -0.25) is 0 Å². The largest absolute Gasteiger partial charge is 0.507 e. The molecule has 20 nitrogen and oxygen atoms in total. The van der Waals surface area contributed by atoms with Crippen molar-refractivity contribution in [2.75, 3.05) is 7.11 Å². The highest BCUT2D eigenvalue weighted by atomic mass is 16.5. The van der Waals surface area contributed by atoms with Gasteiger partial charge in [0.2, 0.25) is 11.5 Å². The lowest BCUT2D eigenvalue weighted by Crippen LogP contribution is -1.87. The number of benzene rings is 6. The zero-order valence-electron chi connectivity index (χ0n) is 33.5. The molecule has 0 aliphatic heterocycles. The minimum Gasteiger partial charge on any atom is -0.507 e. The van der Waals surface area contributed by atoms with Crippen molar-refractivity contribution < 1.29 is 99.7 Å². The van der Waals surface area contributed by atoms with Crippen molar-refractivity contribution >= 4 is 32.9 Å². The number of hydrogen-bond acceptors (Lipinski definition) is 17. The third-order valence-corrected chi connectivity index (χ3v) is 9.61. The number of phenolic OH excluding ortho intramolecular Hbond substituents is 14. The highest BCUT2D eigenvalue weighted by Crippen LogP contribution is 2.46. The maximum atomic E-state index is 10.2. The molecule has 6 aromatic carbocycles. The highest BCUT2D eigenvalue weighted by Gasteiger charge is 2.28. The standard InChI is InChI=1S/C16H12O7.C15H10O7.C15H10O6/c1-22-13-4-8(17)5-14-9(13)6-12(20)16(23-14)7-2-10(18)15(21)11(19)3-7;16-7-3-9(17)8-5-12(20)15(22-13(8)4-7)6-1-10(18)14(21)11(19)2-6;16-8-5-10(17)9-1-2-13(21-14(9)6-8)7-3-11(18)15(20)12(19)4-7/h2-6H,1H3,(H4-,17,18,19,20,21);1-5H,(H5-,16,17,18,19,20,21);1-6H,(H4-,16,17,18,19,20)/p+3. The summed E-state index contributed by atoms with van der Waals surface area (Å²) < 4.78 is 21.6. The van der Waals surface area contributed by atoms with E-state index in [-0.39, 0.29) is 90.8 Å². The van der Waals surface area contributed by atoms with Gasteiger partial charge in [0.1, 0.15) is 50.7 Å². The van der Waals surface area contributed by atoms with E-state index in [9.17, 15) is 81.7 Å². The SMILES string of the molecule is COc1cc(O)cc2[o+]c(-c3cc(O)c(O)c(O)c3)c(O)cc12.Oc1cc(O)c2cc(O)c(-c3cc(O)c(O)c(O)c3)[o+]c2c1.Oc1cc(O)c2ccc(-c3cc(O)c(O)c(O)c3)[o+]c2c1. The van der Waals surface area contributed by atoms with Crippen molar-refractivity contribution in [3.63, 3.8) is 0 Å². The molecule has 0 saturated heterocycles. The van der Waals surface area contributed by atoms with Gasteiger partial charge in [0, 0.05) is 72.8 Å². The molecule has 3 heterocycles. The Kier molecular flexibility index (Phi) is 11.5. The molecule has 0 spiro atoms. The van der Waals surface area contributed by atoms with Crippen LogP contribution in [-0.4, -0.2) is 88.8 Å². The number of ether oxygens (including phenoxy) is 1. The second-order valence-electron chi connectivity index (χ2n) is 14.1. The zero-order valence-corrected chi connectivity index (χ0v) is 33.5. The van der Waals surface area contributed by atoms with Crippen LogP contribution in [0.1, 0.15) is 0 Å². The first-order valence-electron chi connectivity index (χ1n) is 18.7. The van der Waals surface area contributed by atoms with E-state index in [1.165, 1.54) is 67.8 Å². The van der Waals surface area contributed by atoms with Crippen LogP contribution in [0, 0.1) is 0 Å². The minimum absolute atomic E-state index is 0.0595. The van der Waals surface area contributed by atoms with Gasteiger partial charge in [-0.2, -0.15) is 0 Å². The van der Waals surface area contributed by atoms with E-state index in [0.29, 0.717) is 22.1 Å². The number of hydrogen-bond donors (Lipinski definition) is 16. The van der Waals surface area contributed by atoms with E-state index in [0.717, 1.165) is 30.3 Å². The first kappa shape index (κ1) is 44.2. The van der Waals surface area contributed by atoms with Crippen LogP contribution in [0.25, 0.3) is 66.9 Å². The van der Waals surface area contributed by atoms with Crippen LogP contribution in [0.3, 0.4) is 0 Å². The summed E-state index contributed by atoms with van der Waals surface area (Å²) in [7, 11) is 1.41. The van der Waals surface area contributed by atoms with Crippen molar-refractivity contribution in [1.29, 1.82) is 0 Å². The second-order valence-corrected chi connectivity index (χ2v) is 14.1. The summed E-state index contributed by atoms with van der Waals surface area (Å²) in [5.74, 6) is -6.40. The topological polar surface area (TPSA) is 367 Å². The summed E-state index contributed by atoms with van der Waals surface area (Å²) >= 11 is 0. The summed E-state index contributed by atoms with van der Waals surface area (Å²) in [4.78, 5) is 0. The van der Waals surface area contributed by atoms with Crippen molar-refractivity contribution in [1.82, 2.24) is 0 Å². The fourth-order valence-corrected chi connectivity index (χ4v) is 6.49. The predicted molar refractivity (Wildman–Crippen MR) is 231 cm³/mol. The molecule has 0 saturated carbocycles. The van der Waals surface area contributed by atoms with Gasteiger partial charge in [0.15, 0.2) is 51.7 Å². The van der Waals surface area contributed by atoms with Gasteiger partial charge >= 0.3 is 34.0 Å². The molecular formula is C46H35O20+3. The Morgan fingerprint density at radius 3 is 1.12 bits per heavy atom. The van der Waals surface area contributed by atoms with Gasteiger partial charge in [0.25, 0.3) is 0 Å². The smallest absolute Gasteiger partial charge is 0.402 e. The van der Waals surface area contributed by atoms with Crippen molar-refractivity contribution in [3.8, 4) is 132 Å². The van der Waals surface area contributed by atoms with Gasteiger partial charge < -0.3 is 86.4 Å². The first-order valence-corrected chi connectivity index (χ1v) is 18.7. The molecule has 3 aromatic heterocycles. The molecule has 0 fully saturated rings. The van der Waals surface area contributed by atoms with Crippen LogP contribution >= 0.6 is 0 Å². The molecule has 9 rings (SSSR count). The normalized spacial score (nSPS) is 10.9. The molecule has 9 aromatic rings. The monoisotopic (exact) mass is 907 g/mol. The Labute approximate surface area is 367 Å². The van der Waals surface area contributed by atoms with Crippen LogP contribution in [0.4, 0.5) is 0 Å². The predicted octanol–water partition coefficient (Wildman–Crippen LogP) is 8.44. The van der Waals surface area contributed by atoms with E-state index in [4.69, 9.17) is 18.0 Å². The third-order valence-electron chi connectivity index (χ3n) is 9.61. The quantitative estimate of drug-likeness (QED) is 0.0581. The average molecular weight is 908 g/mol. The summed E-state index contributed by atoms with van der Waals surface area (Å²) in [5.41, 5.74) is 1.10. The zero-order chi connectivity index (χ0) is 47.9. The van der Waals surface area contributed by atoms with Crippen molar-refractivity contribution in [2.24, 2.45) is 0 Å². The van der Waals surface area contributed by atoms with Gasteiger partial charge in [0.05, 0.1) is 42.0 Å². The van der Waals surface area contributed by atoms with E-state index in [1.54, 1.807) is 6.07 Å². The molecule has 0 bridgehead atoms. The molecule has 16 N–H and O–H groups in total. The molecule has 0 aliphatic carbocycles. The Morgan fingerprint density at radius 2 is 0.682 bits per heavy atom. The Morgan fingerprint density at radius 1 is 0.318 bits per heavy atom. The number of phenols is 14. The molecule has 336 valence electrons. The maximum absolute atomic E-state index is 10.2. The minimum atomic E-state index is -0.695. The molecule has 0 unspecified atom stereocenters. The van der Waals surface area contributed by atoms with E-state index < -0.39 is 51.7 Å². The number of methoxy groups -OCH3 is 1. The number of rotatable bonds is 4. The first-order chi connectivity index (χ1) is 31.2. The summed E-state index contributed by atoms with van der Waals surface area (Å²) in [5, 5.41) is 154. The molecule has 66 heavy (non-hydrogen) atoms. The van der Waals surface area contributed by atoms with Crippen LogP contribution in [0.15, 0.2) is 110 Å². The molecule has 0 aliphatic rings. The molecule has 0 atom stereocenters. The molecule has 20 heteroatoms. The average Bonchev–Trinajstić information content (AvgIpc) is 3.26. The van der Waals surface area contributed by atoms with Gasteiger partial charge in [-0.05, 0) is 6.07 Å². The fourth-order valence-electron chi connectivity index (χ4n) is 6.49. The Bertz CT molecular complexity index is 3320. The van der Waals surface area contributed by atoms with Gasteiger partial charge in [-0.15, -0.1) is 0 Å². The van der Waals surface area contributed by atoms with Crippen molar-refractivity contribution in [2.45, 2.75) is 0 Å². The Balaban J connectivity index is 0.000000147. The van der Waals surface area contributed by atoms with Gasteiger partial charge in [-0.1, -0.05) is 0 Å². The fraction of sp³-hybridized carbons (Fsp3) is 0.0217. The van der Waals surface area contributed by atoms with Crippen LogP contribution < -0.4 is 4.74 Å². The van der Waals surface area contributed by atoms with E-state index >= 15 is 0 Å². The summed E-state index contributed by atoms with van der Waals surface area (Å²) in [6, 6.07) is 20.1. The lowest BCUT2D eigenvalue weighted by molar-refractivity contribution is 0.367. The second kappa shape index (κ2) is 17.1. The van der Waals surface area contributed by atoms with Crippen LogP contribution in [-0.2, 0) is 0 Å². The van der Waals surface area contributed by atoms with Crippen molar-refractivity contribution in [3.05, 3.63) is 97.1 Å². The van der Waals surface area contributed by atoms with Crippen LogP contribution in [0.2, 0.25) is 0 Å². The lowest BCUT2D eigenvalue weighted by atomic mass is 10.1. The highest BCUT2D eigenvalue weighted by molar-refractivity contribution is 5.90. The number of aromatic hydroxyl groups is 16. The summed E-state index contributed by atoms with van der Waals surface area (Å²) in [6.45, 7) is 0. The maximum Gasteiger partial charge on any atom is 0.402 e. The number of fused-ring (bicyclic) bond motifs is 3. The molecular weight excluding hydrogens is 872 g/mol.